The van der Waals surface area contributed by atoms with Gasteiger partial charge < -0.3 is 11.1 Å². The van der Waals surface area contributed by atoms with Crippen LogP contribution in [0.3, 0.4) is 0 Å². The summed E-state index contributed by atoms with van der Waals surface area (Å²) >= 11 is 0. The molecule has 1 heterocycles. The van der Waals surface area contributed by atoms with Gasteiger partial charge in [0.25, 0.3) is 5.91 Å². The van der Waals surface area contributed by atoms with E-state index in [-0.39, 0.29) is 11.8 Å². The minimum Gasteiger partial charge on any atom is -0.366 e. The number of hydrogen-bond acceptors (Lipinski definition) is 6. The molecule has 0 spiro atoms. The molecule has 0 saturated carbocycles. The molecule has 1 amide bonds. The van der Waals surface area contributed by atoms with Gasteiger partial charge in [0.05, 0.1) is 11.9 Å². The number of rotatable bonds is 4. The van der Waals surface area contributed by atoms with Gasteiger partial charge in [0, 0.05) is 5.69 Å². The first-order chi connectivity index (χ1) is 9.74. The molecule has 2 rings (SSSR count). The summed E-state index contributed by atoms with van der Waals surface area (Å²) in [6.45, 7) is 1.72. The van der Waals surface area contributed by atoms with Gasteiger partial charge in [0.15, 0.2) is 0 Å². The standard InChI is InChI=1S/C11H14N6O3S/c1-6-5-7(3-4-8(6)17-21(2,19)20)13-10(18)9-14-11(12)16-15-9/h3-5,17H,1-2H3,(H,13,18)(H3,12,14,15,16). The Morgan fingerprint density at radius 2 is 2.10 bits per heavy atom. The molecule has 0 atom stereocenters. The van der Waals surface area contributed by atoms with Crippen LogP contribution in [0.5, 0.6) is 0 Å². The zero-order valence-electron chi connectivity index (χ0n) is 11.3. The minimum absolute atomic E-state index is 0.0107. The van der Waals surface area contributed by atoms with E-state index in [1.807, 2.05) is 0 Å². The van der Waals surface area contributed by atoms with Gasteiger partial charge in [-0.2, -0.15) is 4.98 Å². The Kier molecular flexibility index (Phi) is 3.80. The summed E-state index contributed by atoms with van der Waals surface area (Å²) in [4.78, 5) is 15.5. The summed E-state index contributed by atoms with van der Waals surface area (Å²) in [6.07, 6.45) is 1.07. The van der Waals surface area contributed by atoms with Crippen LogP contribution in [-0.4, -0.2) is 35.8 Å². The largest absolute Gasteiger partial charge is 0.366 e. The second-order valence-corrected chi connectivity index (χ2v) is 6.15. The Balaban J connectivity index is 2.15. The average Bonchev–Trinajstić information content (AvgIpc) is 2.78. The molecule has 1 aromatic heterocycles. The Bertz CT molecular complexity index is 783. The number of nitrogens with one attached hydrogen (secondary N) is 3. The third-order valence-corrected chi connectivity index (χ3v) is 3.09. The van der Waals surface area contributed by atoms with Gasteiger partial charge in [-0.05, 0) is 30.7 Å². The number of nitrogens with zero attached hydrogens (tertiary/aromatic N) is 2. The van der Waals surface area contributed by atoms with Gasteiger partial charge in [0.2, 0.25) is 21.8 Å². The molecule has 112 valence electrons. The molecule has 0 aliphatic rings. The number of hydrogen-bond donors (Lipinski definition) is 4. The lowest BCUT2D eigenvalue weighted by Gasteiger charge is -2.10. The maximum atomic E-state index is 11.8. The van der Waals surface area contributed by atoms with Crippen LogP contribution >= 0.6 is 0 Å². The summed E-state index contributed by atoms with van der Waals surface area (Å²) in [6, 6.07) is 4.75. The summed E-state index contributed by atoms with van der Waals surface area (Å²) in [5, 5.41) is 8.55. The van der Waals surface area contributed by atoms with Crippen LogP contribution in [0.2, 0.25) is 0 Å². The number of amides is 1. The van der Waals surface area contributed by atoms with E-state index in [0.717, 1.165) is 6.26 Å². The van der Waals surface area contributed by atoms with E-state index in [9.17, 15) is 13.2 Å². The van der Waals surface area contributed by atoms with Crippen molar-refractivity contribution in [2.45, 2.75) is 6.92 Å². The SMILES string of the molecule is Cc1cc(NC(=O)c2nc(N)n[nH]2)ccc1NS(C)(=O)=O. The number of H-pyrrole nitrogens is 1. The van der Waals surface area contributed by atoms with Crippen molar-refractivity contribution in [2.75, 3.05) is 22.0 Å². The number of carbonyl (C=O) groups is 1. The number of aryl methyl sites for hydroxylation is 1. The maximum Gasteiger partial charge on any atom is 0.293 e. The first-order valence-corrected chi connectivity index (χ1v) is 7.71. The fraction of sp³-hybridized carbons (Fsp3) is 0.182. The van der Waals surface area contributed by atoms with Gasteiger partial charge >= 0.3 is 0 Å². The van der Waals surface area contributed by atoms with E-state index >= 15 is 0 Å². The van der Waals surface area contributed by atoms with Gasteiger partial charge in [-0.3, -0.25) is 14.6 Å². The molecule has 2 aromatic rings. The molecule has 0 aliphatic heterocycles. The van der Waals surface area contributed by atoms with Crippen molar-refractivity contribution in [1.29, 1.82) is 0 Å². The number of aromatic nitrogens is 3. The number of anilines is 3. The molecular formula is C11H14N6O3S. The summed E-state index contributed by atoms with van der Waals surface area (Å²) < 4.78 is 24.8. The zero-order valence-corrected chi connectivity index (χ0v) is 12.2. The summed E-state index contributed by atoms with van der Waals surface area (Å²) in [5.41, 5.74) is 6.91. The molecule has 0 unspecified atom stereocenters. The zero-order chi connectivity index (χ0) is 15.6. The fourth-order valence-corrected chi connectivity index (χ4v) is 2.25. The van der Waals surface area contributed by atoms with Crippen molar-refractivity contribution in [3.8, 4) is 0 Å². The van der Waals surface area contributed by atoms with Crippen molar-refractivity contribution in [2.24, 2.45) is 0 Å². The fourth-order valence-electron chi connectivity index (χ4n) is 1.62. The second kappa shape index (κ2) is 5.40. The van der Waals surface area contributed by atoms with Crippen LogP contribution in [-0.2, 0) is 10.0 Å². The second-order valence-electron chi connectivity index (χ2n) is 4.40. The van der Waals surface area contributed by atoms with E-state index in [4.69, 9.17) is 5.73 Å². The third kappa shape index (κ3) is 3.92. The Hall–Kier alpha value is -2.62. The van der Waals surface area contributed by atoms with Crippen molar-refractivity contribution in [3.63, 3.8) is 0 Å². The molecule has 0 bridgehead atoms. The van der Waals surface area contributed by atoms with E-state index in [1.165, 1.54) is 0 Å². The van der Waals surface area contributed by atoms with E-state index in [0.29, 0.717) is 16.9 Å². The van der Waals surface area contributed by atoms with E-state index in [1.54, 1.807) is 25.1 Å². The number of sulfonamides is 1. The van der Waals surface area contributed by atoms with Crippen LogP contribution in [0, 0.1) is 6.92 Å². The highest BCUT2D eigenvalue weighted by molar-refractivity contribution is 7.92. The van der Waals surface area contributed by atoms with Crippen molar-refractivity contribution in [3.05, 3.63) is 29.6 Å². The van der Waals surface area contributed by atoms with Crippen LogP contribution < -0.4 is 15.8 Å². The lowest BCUT2D eigenvalue weighted by molar-refractivity contribution is 0.101. The number of benzene rings is 1. The molecular weight excluding hydrogens is 296 g/mol. The lowest BCUT2D eigenvalue weighted by Crippen LogP contribution is -2.14. The Labute approximate surface area is 121 Å². The molecule has 0 saturated heterocycles. The number of nitrogen functional groups attached to an aromatic ring is 1. The molecule has 0 radical (unpaired) electrons. The highest BCUT2D eigenvalue weighted by Crippen LogP contribution is 2.20. The first-order valence-electron chi connectivity index (χ1n) is 5.82. The van der Waals surface area contributed by atoms with Gasteiger partial charge in [-0.25, -0.2) is 8.42 Å². The molecule has 0 fully saturated rings. The average molecular weight is 310 g/mol. The number of aromatic amines is 1. The molecule has 9 nitrogen and oxygen atoms in total. The number of nitrogens with two attached hydrogens (primary N) is 1. The quantitative estimate of drug-likeness (QED) is 0.640. The predicted molar refractivity (Wildman–Crippen MR) is 78.4 cm³/mol. The normalized spacial score (nSPS) is 11.1. The van der Waals surface area contributed by atoms with Crippen molar-refractivity contribution < 1.29 is 13.2 Å². The Morgan fingerprint density at radius 1 is 1.38 bits per heavy atom. The van der Waals surface area contributed by atoms with E-state index < -0.39 is 15.9 Å². The highest BCUT2D eigenvalue weighted by Gasteiger charge is 2.12. The first kappa shape index (κ1) is 14.8. The highest BCUT2D eigenvalue weighted by atomic mass is 32.2. The van der Waals surface area contributed by atoms with Crippen LogP contribution in [0.15, 0.2) is 18.2 Å². The lowest BCUT2D eigenvalue weighted by atomic mass is 10.2. The Morgan fingerprint density at radius 3 is 2.62 bits per heavy atom. The molecule has 1 aromatic carbocycles. The molecule has 5 N–H and O–H groups in total. The van der Waals surface area contributed by atoms with Crippen molar-refractivity contribution in [1.82, 2.24) is 15.2 Å². The monoisotopic (exact) mass is 310 g/mol. The van der Waals surface area contributed by atoms with Gasteiger partial charge in [-0.1, -0.05) is 0 Å². The minimum atomic E-state index is -3.35. The summed E-state index contributed by atoms with van der Waals surface area (Å²) in [5.74, 6) is -0.532. The van der Waals surface area contributed by atoms with E-state index in [2.05, 4.69) is 25.2 Å². The van der Waals surface area contributed by atoms with Crippen LogP contribution in [0.25, 0.3) is 0 Å². The smallest absolute Gasteiger partial charge is 0.293 e. The molecule has 0 aliphatic carbocycles. The van der Waals surface area contributed by atoms with Crippen LogP contribution in [0.4, 0.5) is 17.3 Å². The van der Waals surface area contributed by atoms with Gasteiger partial charge in [0.1, 0.15) is 0 Å². The maximum absolute atomic E-state index is 11.8. The molecule has 21 heavy (non-hydrogen) atoms. The van der Waals surface area contributed by atoms with Crippen molar-refractivity contribution >= 4 is 33.3 Å². The van der Waals surface area contributed by atoms with Gasteiger partial charge in [-0.15, -0.1) is 5.10 Å². The third-order valence-electron chi connectivity index (χ3n) is 2.50. The number of carbonyl (C=O) groups excluding carboxylic acids is 1. The summed E-state index contributed by atoms with van der Waals surface area (Å²) in [7, 11) is -3.35. The van der Waals surface area contributed by atoms with Crippen LogP contribution in [0.1, 0.15) is 16.2 Å². The topological polar surface area (TPSA) is 143 Å². The predicted octanol–water partition coefficient (Wildman–Crippen LogP) is 0.319. The molecule has 10 heteroatoms.